The van der Waals surface area contributed by atoms with Crippen molar-refractivity contribution in [2.75, 3.05) is 10.6 Å². The van der Waals surface area contributed by atoms with Gasteiger partial charge in [-0.2, -0.15) is 0 Å². The summed E-state index contributed by atoms with van der Waals surface area (Å²) in [5.41, 5.74) is 3.53. The highest BCUT2D eigenvalue weighted by molar-refractivity contribution is 8.00. The molecule has 0 radical (unpaired) electrons. The highest BCUT2D eigenvalue weighted by atomic mass is 35.5. The third kappa shape index (κ3) is 8.83. The summed E-state index contributed by atoms with van der Waals surface area (Å²) >= 11 is 7.55. The quantitative estimate of drug-likeness (QED) is 0.133. The van der Waals surface area contributed by atoms with Gasteiger partial charge in [-0.05, 0) is 79.6 Å². The first-order chi connectivity index (χ1) is 19.8. The van der Waals surface area contributed by atoms with Crippen LogP contribution < -0.4 is 16.0 Å². The lowest BCUT2D eigenvalue weighted by Gasteiger charge is -2.16. The van der Waals surface area contributed by atoms with Crippen molar-refractivity contribution < 1.29 is 14.4 Å². The van der Waals surface area contributed by atoms with Crippen LogP contribution in [0.3, 0.4) is 0 Å². The van der Waals surface area contributed by atoms with Gasteiger partial charge >= 0.3 is 0 Å². The molecule has 0 saturated heterocycles. The number of carbonyl (C=O) groups is 3. The van der Waals surface area contributed by atoms with Crippen LogP contribution in [0.2, 0.25) is 5.02 Å². The molecule has 41 heavy (non-hydrogen) atoms. The molecule has 4 aromatic carbocycles. The SMILES string of the molecule is CCC(Sc1cccc(NC(=O)/C(=C/c2cccc(Cl)c2)NC(=O)c2ccccc2)c1)C(=O)Nc1ccc(C)cc1. The Morgan fingerprint density at radius 2 is 1.56 bits per heavy atom. The fraction of sp³-hybridized carbons (Fsp3) is 0.121. The van der Waals surface area contributed by atoms with Crippen LogP contribution in [0.25, 0.3) is 6.08 Å². The van der Waals surface area contributed by atoms with Gasteiger partial charge in [0.1, 0.15) is 5.70 Å². The second-order valence-electron chi connectivity index (χ2n) is 9.29. The number of nitrogens with one attached hydrogen (secondary N) is 3. The Labute approximate surface area is 249 Å². The summed E-state index contributed by atoms with van der Waals surface area (Å²) in [6.45, 7) is 3.95. The van der Waals surface area contributed by atoms with Gasteiger partial charge in [0.05, 0.1) is 5.25 Å². The zero-order valence-corrected chi connectivity index (χ0v) is 24.3. The Morgan fingerprint density at radius 3 is 2.27 bits per heavy atom. The van der Waals surface area contributed by atoms with Crippen LogP contribution in [0.4, 0.5) is 11.4 Å². The maximum Gasteiger partial charge on any atom is 0.272 e. The second kappa shape index (κ2) is 14.3. The predicted molar refractivity (Wildman–Crippen MR) is 168 cm³/mol. The van der Waals surface area contributed by atoms with E-state index in [-0.39, 0.29) is 16.9 Å². The summed E-state index contributed by atoms with van der Waals surface area (Å²) in [7, 11) is 0. The highest BCUT2D eigenvalue weighted by Crippen LogP contribution is 2.29. The van der Waals surface area contributed by atoms with Gasteiger partial charge in [-0.1, -0.05) is 72.6 Å². The molecule has 1 unspecified atom stereocenters. The van der Waals surface area contributed by atoms with Crippen LogP contribution >= 0.6 is 23.4 Å². The van der Waals surface area contributed by atoms with Crippen LogP contribution in [0.15, 0.2) is 114 Å². The van der Waals surface area contributed by atoms with E-state index in [0.29, 0.717) is 28.3 Å². The normalized spacial score (nSPS) is 11.8. The van der Waals surface area contributed by atoms with E-state index in [1.165, 1.54) is 11.8 Å². The molecule has 8 heteroatoms. The van der Waals surface area contributed by atoms with Crippen LogP contribution in [0.5, 0.6) is 0 Å². The number of benzene rings is 4. The van der Waals surface area contributed by atoms with Crippen LogP contribution in [-0.2, 0) is 9.59 Å². The van der Waals surface area contributed by atoms with Crippen molar-refractivity contribution in [1.82, 2.24) is 5.32 Å². The summed E-state index contributed by atoms with van der Waals surface area (Å²) < 4.78 is 0. The van der Waals surface area contributed by atoms with E-state index in [1.54, 1.807) is 66.7 Å². The van der Waals surface area contributed by atoms with E-state index in [0.717, 1.165) is 16.1 Å². The van der Waals surface area contributed by atoms with Crippen molar-refractivity contribution >= 4 is 58.5 Å². The van der Waals surface area contributed by atoms with Gasteiger partial charge in [-0.3, -0.25) is 14.4 Å². The van der Waals surface area contributed by atoms with E-state index < -0.39 is 11.8 Å². The molecule has 0 aliphatic carbocycles. The van der Waals surface area contributed by atoms with Gasteiger partial charge in [0.15, 0.2) is 0 Å². The molecule has 4 aromatic rings. The van der Waals surface area contributed by atoms with Crippen LogP contribution in [0.1, 0.15) is 34.8 Å². The Morgan fingerprint density at radius 1 is 0.829 bits per heavy atom. The van der Waals surface area contributed by atoms with E-state index in [4.69, 9.17) is 11.6 Å². The summed E-state index contributed by atoms with van der Waals surface area (Å²) in [5, 5.41) is 8.75. The van der Waals surface area contributed by atoms with Crippen molar-refractivity contribution in [3.63, 3.8) is 0 Å². The largest absolute Gasteiger partial charge is 0.325 e. The molecule has 1 atom stereocenters. The standard InChI is InChI=1S/C33H30ClN3O3S/c1-3-30(33(40)35-26-17-15-22(2)16-18-26)41-28-14-8-13-27(21-28)36-32(39)29(20-23-9-7-12-25(34)19-23)37-31(38)24-10-5-4-6-11-24/h4-21,30H,3H2,1-2H3,(H,35,40)(H,36,39)(H,37,38)/b29-20-. The van der Waals surface area contributed by atoms with E-state index in [2.05, 4.69) is 16.0 Å². The molecule has 3 N–H and O–H groups in total. The smallest absolute Gasteiger partial charge is 0.272 e. The van der Waals surface area contributed by atoms with Gasteiger partial charge in [-0.15, -0.1) is 11.8 Å². The lowest BCUT2D eigenvalue weighted by molar-refractivity contribution is -0.116. The lowest BCUT2D eigenvalue weighted by Crippen LogP contribution is -2.30. The molecule has 0 fully saturated rings. The second-order valence-corrected chi connectivity index (χ2v) is 11.0. The topological polar surface area (TPSA) is 87.3 Å². The fourth-order valence-corrected chi connectivity index (χ4v) is 5.11. The molecular formula is C33H30ClN3O3S. The van der Waals surface area contributed by atoms with Gasteiger partial charge in [0.25, 0.3) is 11.8 Å². The Bertz CT molecular complexity index is 1560. The molecule has 0 saturated carbocycles. The maximum atomic E-state index is 13.4. The van der Waals surface area contributed by atoms with Crippen LogP contribution in [-0.4, -0.2) is 23.0 Å². The Balaban J connectivity index is 1.49. The molecule has 4 rings (SSSR count). The zero-order chi connectivity index (χ0) is 29.2. The third-order valence-corrected chi connectivity index (χ3v) is 7.63. The van der Waals surface area contributed by atoms with Gasteiger partial charge < -0.3 is 16.0 Å². The molecule has 6 nitrogen and oxygen atoms in total. The average Bonchev–Trinajstić information content (AvgIpc) is 2.97. The van der Waals surface area contributed by atoms with E-state index in [9.17, 15) is 14.4 Å². The van der Waals surface area contributed by atoms with Crippen molar-refractivity contribution in [2.45, 2.75) is 30.4 Å². The van der Waals surface area contributed by atoms with E-state index >= 15 is 0 Å². The zero-order valence-electron chi connectivity index (χ0n) is 22.7. The highest BCUT2D eigenvalue weighted by Gasteiger charge is 2.19. The molecule has 0 aliphatic heterocycles. The Kier molecular flexibility index (Phi) is 10.4. The predicted octanol–water partition coefficient (Wildman–Crippen LogP) is 7.57. The number of halogens is 1. The van der Waals surface area contributed by atoms with Crippen LogP contribution in [0, 0.1) is 6.92 Å². The number of amides is 3. The maximum absolute atomic E-state index is 13.4. The molecule has 0 spiro atoms. The minimum absolute atomic E-state index is 0.0584. The minimum Gasteiger partial charge on any atom is -0.325 e. The average molecular weight is 584 g/mol. The van der Waals surface area contributed by atoms with E-state index in [1.807, 2.05) is 56.3 Å². The number of anilines is 2. The molecule has 0 bridgehead atoms. The van der Waals surface area contributed by atoms with Crippen molar-refractivity contribution in [3.8, 4) is 0 Å². The number of carbonyl (C=O) groups excluding carboxylic acids is 3. The van der Waals surface area contributed by atoms with Gasteiger partial charge in [0.2, 0.25) is 5.91 Å². The summed E-state index contributed by atoms with van der Waals surface area (Å²) in [6, 6.07) is 30.6. The number of hydrogen-bond donors (Lipinski definition) is 3. The van der Waals surface area contributed by atoms with Gasteiger partial charge in [-0.25, -0.2) is 0 Å². The molecule has 3 amide bonds. The van der Waals surface area contributed by atoms with Gasteiger partial charge in [0, 0.05) is 26.9 Å². The number of thioether (sulfide) groups is 1. The summed E-state index contributed by atoms with van der Waals surface area (Å²) in [4.78, 5) is 40.1. The molecule has 0 heterocycles. The first kappa shape index (κ1) is 29.6. The lowest BCUT2D eigenvalue weighted by atomic mass is 10.1. The molecule has 0 aliphatic rings. The Hall–Kier alpha value is -4.33. The monoisotopic (exact) mass is 583 g/mol. The fourth-order valence-electron chi connectivity index (χ4n) is 3.90. The molecular weight excluding hydrogens is 554 g/mol. The number of hydrogen-bond acceptors (Lipinski definition) is 4. The van der Waals surface area contributed by atoms with Crippen molar-refractivity contribution in [1.29, 1.82) is 0 Å². The first-order valence-electron chi connectivity index (χ1n) is 13.1. The number of aryl methyl sites for hydroxylation is 1. The summed E-state index contributed by atoms with van der Waals surface area (Å²) in [5.74, 6) is -1.00. The first-order valence-corrected chi connectivity index (χ1v) is 14.4. The molecule has 0 aromatic heterocycles. The number of rotatable bonds is 10. The minimum atomic E-state index is -0.499. The summed E-state index contributed by atoms with van der Waals surface area (Å²) in [6.07, 6.45) is 2.19. The third-order valence-electron chi connectivity index (χ3n) is 6.04. The molecule has 208 valence electrons. The van der Waals surface area contributed by atoms with Crippen molar-refractivity contribution in [2.24, 2.45) is 0 Å². The van der Waals surface area contributed by atoms with Crippen molar-refractivity contribution in [3.05, 3.63) is 131 Å².